The molecule has 0 bridgehead atoms. The van der Waals surface area contributed by atoms with Crippen molar-refractivity contribution in [1.82, 2.24) is 10.4 Å². The number of anilines is 1. The van der Waals surface area contributed by atoms with Crippen LogP contribution in [0.25, 0.3) is 0 Å². The smallest absolute Gasteiger partial charge is 0.293 e. The molecule has 2 amide bonds. The molecule has 0 saturated carbocycles. The fourth-order valence-corrected chi connectivity index (χ4v) is 4.93. The molecule has 0 fully saturated rings. The number of nitrogens with one attached hydrogen (secondary N) is 2. The lowest BCUT2D eigenvalue weighted by atomic mass is 9.90. The van der Waals surface area contributed by atoms with Crippen LogP contribution < -0.4 is 10.7 Å². The number of hydrogen-bond acceptors (Lipinski definition) is 6. The second-order valence-electron chi connectivity index (χ2n) is 8.29. The zero-order valence-corrected chi connectivity index (χ0v) is 20.0. The molecule has 1 aliphatic carbocycles. The molecule has 176 valence electrons. The van der Waals surface area contributed by atoms with Crippen molar-refractivity contribution in [3.05, 3.63) is 106 Å². The quantitative estimate of drug-likeness (QED) is 0.364. The first-order chi connectivity index (χ1) is 17.1. The predicted molar refractivity (Wildman–Crippen MR) is 136 cm³/mol. The summed E-state index contributed by atoms with van der Waals surface area (Å²) in [5, 5.41) is 9.60. The lowest BCUT2D eigenvalue weighted by Crippen LogP contribution is -2.28. The van der Waals surface area contributed by atoms with Crippen molar-refractivity contribution in [3.8, 4) is 0 Å². The SMILES string of the molecule is Cc1c(C(=O)Nc2nccs2)oc2c1/C(=N/NC(=O)C(c1ccccc1)c1ccccc1)CCC2. The van der Waals surface area contributed by atoms with Crippen LogP contribution in [0.15, 0.2) is 81.8 Å². The van der Waals surface area contributed by atoms with Gasteiger partial charge >= 0.3 is 0 Å². The van der Waals surface area contributed by atoms with Crippen LogP contribution in [-0.2, 0) is 11.2 Å². The normalized spacial score (nSPS) is 14.1. The molecular weight excluding hydrogens is 460 g/mol. The minimum atomic E-state index is -0.491. The minimum Gasteiger partial charge on any atom is -0.455 e. The first-order valence-electron chi connectivity index (χ1n) is 11.4. The van der Waals surface area contributed by atoms with E-state index in [1.165, 1.54) is 11.3 Å². The number of rotatable bonds is 6. The number of aromatic nitrogens is 1. The summed E-state index contributed by atoms with van der Waals surface area (Å²) in [6.45, 7) is 1.85. The number of hydrogen-bond donors (Lipinski definition) is 2. The van der Waals surface area contributed by atoms with Gasteiger partial charge in [-0.05, 0) is 30.9 Å². The fraction of sp³-hybridized carbons (Fsp3) is 0.185. The summed E-state index contributed by atoms with van der Waals surface area (Å²) in [7, 11) is 0. The maximum Gasteiger partial charge on any atom is 0.293 e. The highest BCUT2D eigenvalue weighted by atomic mass is 32.1. The Balaban J connectivity index is 1.41. The molecule has 4 aromatic rings. The van der Waals surface area contributed by atoms with E-state index in [9.17, 15) is 9.59 Å². The van der Waals surface area contributed by atoms with Gasteiger partial charge in [0, 0.05) is 29.1 Å². The standard InChI is InChI=1S/C27H24N4O3S/c1-17-22-20(13-8-14-21(22)34-24(17)26(33)29-27-28-15-16-35-27)30-31-25(32)23(18-9-4-2-5-10-18)19-11-6-3-7-12-19/h2-7,9-12,15-16,23H,8,13-14H2,1H3,(H,31,32)(H,28,29,33)/b30-20+. The van der Waals surface area contributed by atoms with Crippen molar-refractivity contribution in [2.45, 2.75) is 32.1 Å². The number of aryl methyl sites for hydroxylation is 1. The number of benzene rings is 2. The molecule has 1 aliphatic rings. The van der Waals surface area contributed by atoms with Gasteiger partial charge in [-0.3, -0.25) is 14.9 Å². The molecule has 7 nitrogen and oxygen atoms in total. The Hall–Kier alpha value is -4.04. The average Bonchev–Trinajstić information content (AvgIpc) is 3.52. The lowest BCUT2D eigenvalue weighted by Gasteiger charge is -2.18. The third-order valence-electron chi connectivity index (χ3n) is 6.01. The van der Waals surface area contributed by atoms with E-state index in [-0.39, 0.29) is 17.6 Å². The lowest BCUT2D eigenvalue weighted by molar-refractivity contribution is -0.121. The fourth-order valence-electron chi connectivity index (χ4n) is 4.41. The molecule has 5 rings (SSSR count). The van der Waals surface area contributed by atoms with Crippen LogP contribution in [0.2, 0.25) is 0 Å². The number of carbonyl (C=O) groups excluding carboxylic acids is 2. The molecule has 0 aliphatic heterocycles. The number of nitrogens with zero attached hydrogens (tertiary/aromatic N) is 2. The number of amides is 2. The zero-order chi connectivity index (χ0) is 24.2. The Morgan fingerprint density at radius 2 is 1.71 bits per heavy atom. The third kappa shape index (κ3) is 4.79. The first-order valence-corrected chi connectivity index (χ1v) is 12.3. The summed E-state index contributed by atoms with van der Waals surface area (Å²) in [5.74, 6) is -0.0884. The molecule has 2 N–H and O–H groups in total. The van der Waals surface area contributed by atoms with Gasteiger partial charge in [-0.2, -0.15) is 5.10 Å². The van der Waals surface area contributed by atoms with Crippen LogP contribution >= 0.6 is 11.3 Å². The van der Waals surface area contributed by atoms with Crippen molar-refractivity contribution >= 4 is 34.0 Å². The van der Waals surface area contributed by atoms with E-state index in [1.807, 2.05) is 67.6 Å². The monoisotopic (exact) mass is 484 g/mol. The molecule has 0 saturated heterocycles. The number of fused-ring (bicyclic) bond motifs is 1. The van der Waals surface area contributed by atoms with E-state index < -0.39 is 5.92 Å². The first kappa shape index (κ1) is 22.7. The van der Waals surface area contributed by atoms with Gasteiger partial charge in [0.15, 0.2) is 10.9 Å². The van der Waals surface area contributed by atoms with Crippen LogP contribution in [0.1, 0.15) is 57.3 Å². The Bertz CT molecular complexity index is 1320. The number of furan rings is 1. The van der Waals surface area contributed by atoms with Gasteiger partial charge in [0.05, 0.1) is 11.6 Å². The van der Waals surface area contributed by atoms with E-state index in [0.29, 0.717) is 35.0 Å². The van der Waals surface area contributed by atoms with Crippen LogP contribution in [0, 0.1) is 6.92 Å². The van der Waals surface area contributed by atoms with E-state index in [0.717, 1.165) is 23.1 Å². The van der Waals surface area contributed by atoms with Gasteiger partial charge in [-0.15, -0.1) is 11.3 Å². The largest absolute Gasteiger partial charge is 0.455 e. The van der Waals surface area contributed by atoms with Crippen molar-refractivity contribution < 1.29 is 14.0 Å². The van der Waals surface area contributed by atoms with Crippen LogP contribution in [-0.4, -0.2) is 22.5 Å². The molecule has 2 aromatic carbocycles. The summed E-state index contributed by atoms with van der Waals surface area (Å²) < 4.78 is 5.94. The average molecular weight is 485 g/mol. The maximum absolute atomic E-state index is 13.4. The van der Waals surface area contributed by atoms with Crippen molar-refractivity contribution in [2.75, 3.05) is 5.32 Å². The Kier molecular flexibility index (Phi) is 6.54. The molecule has 0 atom stereocenters. The van der Waals surface area contributed by atoms with Crippen LogP contribution in [0.4, 0.5) is 5.13 Å². The van der Waals surface area contributed by atoms with Crippen molar-refractivity contribution in [3.63, 3.8) is 0 Å². The summed E-state index contributed by atoms with van der Waals surface area (Å²) in [6.07, 6.45) is 3.85. The molecule has 0 radical (unpaired) electrons. The highest BCUT2D eigenvalue weighted by Gasteiger charge is 2.29. The molecule has 35 heavy (non-hydrogen) atoms. The number of thiazole rings is 1. The van der Waals surface area contributed by atoms with Gasteiger partial charge < -0.3 is 4.42 Å². The molecule has 0 spiro atoms. The summed E-state index contributed by atoms with van der Waals surface area (Å²) >= 11 is 1.34. The van der Waals surface area contributed by atoms with Gasteiger partial charge in [-0.25, -0.2) is 10.4 Å². The van der Waals surface area contributed by atoms with E-state index >= 15 is 0 Å². The predicted octanol–water partition coefficient (Wildman–Crippen LogP) is 5.29. The van der Waals surface area contributed by atoms with Gasteiger partial charge in [0.1, 0.15) is 5.76 Å². The molecule has 8 heteroatoms. The molecule has 0 unspecified atom stereocenters. The van der Waals surface area contributed by atoms with Crippen LogP contribution in [0.3, 0.4) is 0 Å². The summed E-state index contributed by atoms with van der Waals surface area (Å²) in [6, 6.07) is 19.3. The second kappa shape index (κ2) is 10.1. The Morgan fingerprint density at radius 3 is 2.34 bits per heavy atom. The van der Waals surface area contributed by atoms with Crippen LogP contribution in [0.5, 0.6) is 0 Å². The maximum atomic E-state index is 13.4. The number of hydrazone groups is 1. The third-order valence-corrected chi connectivity index (χ3v) is 6.70. The summed E-state index contributed by atoms with van der Waals surface area (Å²) in [5.41, 5.74) is 6.80. The molecule has 2 heterocycles. The summed E-state index contributed by atoms with van der Waals surface area (Å²) in [4.78, 5) is 30.2. The minimum absolute atomic E-state index is 0.218. The Morgan fingerprint density at radius 1 is 1.03 bits per heavy atom. The van der Waals surface area contributed by atoms with Crippen molar-refractivity contribution in [1.29, 1.82) is 0 Å². The highest BCUT2D eigenvalue weighted by molar-refractivity contribution is 7.13. The second-order valence-corrected chi connectivity index (χ2v) is 9.18. The highest BCUT2D eigenvalue weighted by Crippen LogP contribution is 2.31. The van der Waals surface area contributed by atoms with Gasteiger partial charge in [0.2, 0.25) is 0 Å². The van der Waals surface area contributed by atoms with Gasteiger partial charge in [-0.1, -0.05) is 60.7 Å². The van der Waals surface area contributed by atoms with E-state index in [1.54, 1.807) is 11.6 Å². The zero-order valence-electron chi connectivity index (χ0n) is 19.2. The number of carbonyl (C=O) groups is 2. The van der Waals surface area contributed by atoms with Gasteiger partial charge in [0.25, 0.3) is 11.8 Å². The molecule has 2 aromatic heterocycles. The Labute approximate surface area is 206 Å². The van der Waals surface area contributed by atoms with E-state index in [2.05, 4.69) is 20.8 Å². The topological polar surface area (TPSA) is 96.6 Å². The van der Waals surface area contributed by atoms with Crippen molar-refractivity contribution in [2.24, 2.45) is 5.10 Å². The molecular formula is C27H24N4O3S. The van der Waals surface area contributed by atoms with E-state index in [4.69, 9.17) is 4.42 Å².